The molecule has 50 valence electrons. The molecule has 0 aromatic heterocycles. The van der Waals surface area contributed by atoms with Gasteiger partial charge in [0.15, 0.2) is 0 Å². The second-order valence-electron chi connectivity index (χ2n) is 1.96. The molecular weight excluding hydrogens is 102 g/mol. The van der Waals surface area contributed by atoms with Crippen LogP contribution in [0.15, 0.2) is 0 Å². The summed E-state index contributed by atoms with van der Waals surface area (Å²) in [7, 11) is 0. The van der Waals surface area contributed by atoms with E-state index in [9.17, 15) is 0 Å². The van der Waals surface area contributed by atoms with Gasteiger partial charge >= 0.3 is 0 Å². The highest BCUT2D eigenvalue weighted by molar-refractivity contribution is 4.50. The van der Waals surface area contributed by atoms with Crippen LogP contribution in [0.2, 0.25) is 0 Å². The molecule has 0 rings (SSSR count). The minimum atomic E-state index is 0.278. The van der Waals surface area contributed by atoms with E-state index in [2.05, 4.69) is 18.7 Å². The summed E-state index contributed by atoms with van der Waals surface area (Å²) in [6.45, 7) is 4.20. The van der Waals surface area contributed by atoms with Gasteiger partial charge in [-0.3, -0.25) is 0 Å². The van der Waals surface area contributed by atoms with Crippen molar-refractivity contribution in [3.05, 3.63) is 0 Å². The lowest BCUT2D eigenvalue weighted by molar-refractivity contribution is 0.0444. The third-order valence-electron chi connectivity index (χ3n) is 1.26. The maximum atomic E-state index is 4.97. The molecule has 8 heavy (non-hydrogen) atoms. The molecule has 0 aliphatic rings. The van der Waals surface area contributed by atoms with Crippen molar-refractivity contribution in [2.24, 2.45) is 5.90 Å². The van der Waals surface area contributed by atoms with Gasteiger partial charge in [0.1, 0.15) is 0 Å². The van der Waals surface area contributed by atoms with Gasteiger partial charge in [-0.25, -0.2) is 5.90 Å². The largest absolute Gasteiger partial charge is 0.301 e. The molecule has 1 atom stereocenters. The Labute approximate surface area is 51.0 Å². The minimum absolute atomic E-state index is 0.278. The van der Waals surface area contributed by atoms with Crippen LogP contribution >= 0.6 is 0 Å². The molecule has 0 fully saturated rings. The summed E-state index contributed by atoms with van der Waals surface area (Å²) in [6.07, 6.45) is 3.52. The summed E-state index contributed by atoms with van der Waals surface area (Å²) in [6, 6.07) is 0. The highest BCUT2D eigenvalue weighted by Crippen LogP contribution is 2.02. The first-order valence-corrected chi connectivity index (χ1v) is 3.20. The van der Waals surface area contributed by atoms with Gasteiger partial charge in [-0.2, -0.15) is 0 Å². The molecule has 0 radical (unpaired) electrons. The summed E-state index contributed by atoms with van der Waals surface area (Å²) < 4.78 is 0. The number of hydrogen-bond donors (Lipinski definition) is 1. The van der Waals surface area contributed by atoms with Gasteiger partial charge in [0.25, 0.3) is 0 Å². The topological polar surface area (TPSA) is 35.2 Å². The van der Waals surface area contributed by atoms with E-state index < -0.39 is 0 Å². The fourth-order valence-corrected chi connectivity index (χ4v) is 0.690. The van der Waals surface area contributed by atoms with Crippen LogP contribution in [0, 0.1) is 0 Å². The molecule has 0 amide bonds. The molecule has 0 saturated carbocycles. The van der Waals surface area contributed by atoms with Crippen LogP contribution in [0.3, 0.4) is 0 Å². The van der Waals surface area contributed by atoms with Gasteiger partial charge in [0.2, 0.25) is 0 Å². The van der Waals surface area contributed by atoms with Gasteiger partial charge in [-0.15, -0.1) is 0 Å². The zero-order valence-corrected chi connectivity index (χ0v) is 5.68. The third-order valence-corrected chi connectivity index (χ3v) is 1.26. The van der Waals surface area contributed by atoms with E-state index in [0.717, 1.165) is 19.3 Å². The first kappa shape index (κ1) is 7.92. The van der Waals surface area contributed by atoms with Crippen molar-refractivity contribution in [1.29, 1.82) is 0 Å². The van der Waals surface area contributed by atoms with Gasteiger partial charge in [0.05, 0.1) is 6.10 Å². The zero-order chi connectivity index (χ0) is 6.41. The molecule has 0 aliphatic carbocycles. The van der Waals surface area contributed by atoms with Gasteiger partial charge in [-0.1, -0.05) is 20.3 Å². The summed E-state index contributed by atoms with van der Waals surface area (Å²) in [5.41, 5.74) is 0. The van der Waals surface area contributed by atoms with E-state index in [0.29, 0.717) is 0 Å². The summed E-state index contributed by atoms with van der Waals surface area (Å²) >= 11 is 0. The maximum absolute atomic E-state index is 4.97. The van der Waals surface area contributed by atoms with E-state index >= 15 is 0 Å². The molecule has 0 aromatic rings. The Morgan fingerprint density at radius 1 is 1.50 bits per heavy atom. The molecule has 0 aliphatic heterocycles. The normalized spacial score (nSPS) is 13.9. The quantitative estimate of drug-likeness (QED) is 0.566. The number of nitrogens with two attached hydrogens (primary N) is 1. The minimum Gasteiger partial charge on any atom is -0.301 e. The van der Waals surface area contributed by atoms with Gasteiger partial charge < -0.3 is 4.84 Å². The predicted molar refractivity (Wildman–Crippen MR) is 34.3 cm³/mol. The molecular formula is C6H15NO. The molecule has 0 bridgehead atoms. The van der Waals surface area contributed by atoms with Crippen molar-refractivity contribution in [3.8, 4) is 0 Å². The lowest BCUT2D eigenvalue weighted by Crippen LogP contribution is -2.15. The third kappa shape index (κ3) is 2.99. The van der Waals surface area contributed by atoms with Crippen LogP contribution in [0.4, 0.5) is 0 Å². The first-order chi connectivity index (χ1) is 3.85. The van der Waals surface area contributed by atoms with Crippen LogP contribution in [-0.2, 0) is 4.84 Å². The standard InChI is InChI=1S/C6H15NO/c1-3-5-6(4-2)8-7/h6H,3-5,7H2,1-2H3. The Bertz CT molecular complexity index is 43.8. The molecule has 0 saturated heterocycles. The van der Waals surface area contributed by atoms with Crippen LogP contribution in [-0.4, -0.2) is 6.10 Å². The Hall–Kier alpha value is -0.0800. The van der Waals surface area contributed by atoms with E-state index in [-0.39, 0.29) is 6.10 Å². The lowest BCUT2D eigenvalue weighted by Gasteiger charge is -2.08. The van der Waals surface area contributed by atoms with E-state index in [4.69, 9.17) is 5.90 Å². The smallest absolute Gasteiger partial charge is 0.0784 e. The second kappa shape index (κ2) is 5.06. The van der Waals surface area contributed by atoms with Gasteiger partial charge in [-0.05, 0) is 12.8 Å². The van der Waals surface area contributed by atoms with Crippen LogP contribution < -0.4 is 5.90 Å². The molecule has 2 nitrogen and oxygen atoms in total. The molecule has 2 N–H and O–H groups in total. The summed E-state index contributed by atoms with van der Waals surface area (Å²) in [5, 5.41) is 0. The van der Waals surface area contributed by atoms with E-state index in [1.54, 1.807) is 0 Å². The van der Waals surface area contributed by atoms with Crippen molar-refractivity contribution >= 4 is 0 Å². The SMILES string of the molecule is CCCC(CC)ON. The van der Waals surface area contributed by atoms with E-state index in [1.165, 1.54) is 0 Å². The average Bonchev–Trinajstić information content (AvgIpc) is 1.83. The first-order valence-electron chi connectivity index (χ1n) is 3.20. The maximum Gasteiger partial charge on any atom is 0.0784 e. The molecule has 1 unspecified atom stereocenters. The highest BCUT2D eigenvalue weighted by Gasteiger charge is 2.00. The molecule has 0 heterocycles. The van der Waals surface area contributed by atoms with Crippen LogP contribution in [0.5, 0.6) is 0 Å². The summed E-state index contributed by atoms with van der Waals surface area (Å²) in [4.78, 5) is 4.64. The number of hydrogen-bond acceptors (Lipinski definition) is 2. The fraction of sp³-hybridized carbons (Fsp3) is 1.00. The monoisotopic (exact) mass is 117 g/mol. The summed E-state index contributed by atoms with van der Waals surface area (Å²) in [5.74, 6) is 4.97. The average molecular weight is 117 g/mol. The highest BCUT2D eigenvalue weighted by atomic mass is 16.6. The number of rotatable bonds is 4. The second-order valence-corrected chi connectivity index (χ2v) is 1.96. The van der Waals surface area contributed by atoms with Crippen molar-refractivity contribution < 1.29 is 4.84 Å². The lowest BCUT2D eigenvalue weighted by atomic mass is 10.2. The zero-order valence-electron chi connectivity index (χ0n) is 5.68. The van der Waals surface area contributed by atoms with Crippen molar-refractivity contribution in [2.45, 2.75) is 39.2 Å². The Morgan fingerprint density at radius 2 is 2.12 bits per heavy atom. The fourth-order valence-electron chi connectivity index (χ4n) is 0.690. The van der Waals surface area contributed by atoms with Crippen molar-refractivity contribution in [3.63, 3.8) is 0 Å². The van der Waals surface area contributed by atoms with E-state index in [1.807, 2.05) is 0 Å². The molecule has 0 aromatic carbocycles. The van der Waals surface area contributed by atoms with Crippen LogP contribution in [0.1, 0.15) is 33.1 Å². The Balaban J connectivity index is 3.07. The van der Waals surface area contributed by atoms with Crippen molar-refractivity contribution in [1.82, 2.24) is 0 Å². The molecule has 2 heteroatoms. The Kier molecular flexibility index (Phi) is 5.01. The van der Waals surface area contributed by atoms with Crippen molar-refractivity contribution in [2.75, 3.05) is 0 Å². The molecule has 0 spiro atoms. The predicted octanol–water partition coefficient (Wildman–Crippen LogP) is 1.46. The Morgan fingerprint density at radius 3 is 2.25 bits per heavy atom. The van der Waals surface area contributed by atoms with Gasteiger partial charge in [0, 0.05) is 0 Å². The van der Waals surface area contributed by atoms with Crippen LogP contribution in [0.25, 0.3) is 0 Å².